The van der Waals surface area contributed by atoms with E-state index in [0.717, 1.165) is 5.75 Å². The van der Waals surface area contributed by atoms with Crippen LogP contribution in [0.3, 0.4) is 0 Å². The quantitative estimate of drug-likeness (QED) is 0.836. The van der Waals surface area contributed by atoms with Gasteiger partial charge in [0.15, 0.2) is 9.84 Å². The number of aromatic nitrogens is 1. The lowest BCUT2D eigenvalue weighted by atomic mass is 10.3. The summed E-state index contributed by atoms with van der Waals surface area (Å²) in [7, 11) is -3.13. The third-order valence-corrected chi connectivity index (χ3v) is 6.36. The number of pyridine rings is 1. The Bertz CT molecular complexity index is 578. The number of nitriles is 1. The molecule has 0 aromatic carbocycles. The standard InChI is InChI=1S/C12H15N3O2S2/c1-2-19(16,17)12-9-18-6-5-15(12)11-4-3-10(7-13)8-14-11/h3-4,8,12H,2,5-6,9H2,1H3. The minimum absolute atomic E-state index is 0.130. The predicted molar refractivity (Wildman–Crippen MR) is 76.9 cm³/mol. The van der Waals surface area contributed by atoms with E-state index in [-0.39, 0.29) is 5.75 Å². The van der Waals surface area contributed by atoms with Gasteiger partial charge in [0, 0.05) is 30.0 Å². The van der Waals surface area contributed by atoms with Crippen molar-refractivity contribution >= 4 is 27.4 Å². The maximum Gasteiger partial charge on any atom is 0.171 e. The molecule has 0 spiro atoms. The number of hydrogen-bond acceptors (Lipinski definition) is 6. The molecule has 1 aromatic rings. The van der Waals surface area contributed by atoms with Crippen molar-refractivity contribution in [2.75, 3.05) is 28.7 Å². The Morgan fingerprint density at radius 2 is 2.37 bits per heavy atom. The summed E-state index contributed by atoms with van der Waals surface area (Å²) in [5, 5.41) is 8.24. The highest BCUT2D eigenvalue weighted by atomic mass is 32.2. The largest absolute Gasteiger partial charge is 0.338 e. The second-order valence-corrected chi connectivity index (χ2v) is 7.79. The van der Waals surface area contributed by atoms with Gasteiger partial charge in [-0.25, -0.2) is 13.4 Å². The van der Waals surface area contributed by atoms with Crippen LogP contribution in [0, 0.1) is 11.3 Å². The Hall–Kier alpha value is -1.26. The van der Waals surface area contributed by atoms with Crippen LogP contribution in [-0.2, 0) is 9.84 Å². The third-order valence-electron chi connectivity index (χ3n) is 3.07. The first-order valence-electron chi connectivity index (χ1n) is 6.00. The molecule has 1 saturated heterocycles. The van der Waals surface area contributed by atoms with Crippen LogP contribution in [0.2, 0.25) is 0 Å². The predicted octanol–water partition coefficient (Wildman–Crippen LogP) is 1.27. The van der Waals surface area contributed by atoms with Crippen molar-refractivity contribution in [2.24, 2.45) is 0 Å². The molecule has 1 fully saturated rings. The van der Waals surface area contributed by atoms with Crippen LogP contribution in [0.25, 0.3) is 0 Å². The topological polar surface area (TPSA) is 74.1 Å². The smallest absolute Gasteiger partial charge is 0.171 e. The summed E-state index contributed by atoms with van der Waals surface area (Å²) >= 11 is 1.65. The molecule has 2 heterocycles. The number of nitrogens with zero attached hydrogens (tertiary/aromatic N) is 3. The molecular formula is C12H15N3O2S2. The lowest BCUT2D eigenvalue weighted by Gasteiger charge is -2.35. The Morgan fingerprint density at radius 3 is 2.95 bits per heavy atom. The minimum Gasteiger partial charge on any atom is -0.338 e. The van der Waals surface area contributed by atoms with E-state index in [4.69, 9.17) is 5.26 Å². The number of hydrogen-bond donors (Lipinski definition) is 0. The highest BCUT2D eigenvalue weighted by Crippen LogP contribution is 2.26. The Labute approximate surface area is 117 Å². The molecular weight excluding hydrogens is 282 g/mol. The van der Waals surface area contributed by atoms with Crippen LogP contribution in [0.1, 0.15) is 12.5 Å². The zero-order chi connectivity index (χ0) is 13.9. The van der Waals surface area contributed by atoms with Gasteiger partial charge in [0.05, 0.1) is 5.56 Å². The van der Waals surface area contributed by atoms with Gasteiger partial charge in [0.1, 0.15) is 17.3 Å². The molecule has 1 aromatic heterocycles. The maximum atomic E-state index is 12.1. The van der Waals surface area contributed by atoms with Crippen molar-refractivity contribution in [3.63, 3.8) is 0 Å². The van der Waals surface area contributed by atoms with Gasteiger partial charge in [-0.1, -0.05) is 6.92 Å². The molecule has 1 aliphatic rings. The van der Waals surface area contributed by atoms with Crippen LogP contribution in [0.5, 0.6) is 0 Å². The SMILES string of the molecule is CCS(=O)(=O)C1CSCCN1c1ccc(C#N)cn1. The summed E-state index contributed by atoms with van der Waals surface area (Å²) in [5.41, 5.74) is 0.477. The van der Waals surface area contributed by atoms with Crippen LogP contribution >= 0.6 is 11.8 Å². The number of sulfone groups is 1. The molecule has 0 radical (unpaired) electrons. The van der Waals surface area contributed by atoms with Gasteiger partial charge in [-0.15, -0.1) is 0 Å². The average molecular weight is 297 g/mol. The average Bonchev–Trinajstić information content (AvgIpc) is 2.47. The lowest BCUT2D eigenvalue weighted by Crippen LogP contribution is -2.48. The molecule has 0 aliphatic carbocycles. The molecule has 1 aliphatic heterocycles. The molecule has 1 unspecified atom stereocenters. The second-order valence-electron chi connectivity index (χ2n) is 4.19. The molecule has 0 bridgehead atoms. The number of anilines is 1. The molecule has 0 amide bonds. The zero-order valence-electron chi connectivity index (χ0n) is 10.6. The van der Waals surface area contributed by atoms with Crippen LogP contribution < -0.4 is 4.90 Å². The highest BCUT2D eigenvalue weighted by Gasteiger charge is 2.33. The first kappa shape index (κ1) is 14.2. The monoisotopic (exact) mass is 297 g/mol. The third kappa shape index (κ3) is 3.01. The van der Waals surface area contributed by atoms with Crippen LogP contribution in [0.15, 0.2) is 18.3 Å². The highest BCUT2D eigenvalue weighted by molar-refractivity contribution is 8.01. The van der Waals surface area contributed by atoms with Crippen molar-refractivity contribution in [3.05, 3.63) is 23.9 Å². The summed E-state index contributed by atoms with van der Waals surface area (Å²) in [6, 6.07) is 5.39. The van der Waals surface area contributed by atoms with E-state index >= 15 is 0 Å². The van der Waals surface area contributed by atoms with E-state index in [9.17, 15) is 8.42 Å². The van der Waals surface area contributed by atoms with Gasteiger partial charge in [-0.2, -0.15) is 17.0 Å². The Morgan fingerprint density at radius 1 is 1.58 bits per heavy atom. The summed E-state index contributed by atoms with van der Waals surface area (Å²) in [5.74, 6) is 2.21. The van der Waals surface area contributed by atoms with E-state index in [2.05, 4.69) is 4.98 Å². The van der Waals surface area contributed by atoms with E-state index in [1.54, 1.807) is 30.8 Å². The van der Waals surface area contributed by atoms with Gasteiger partial charge in [0.25, 0.3) is 0 Å². The zero-order valence-corrected chi connectivity index (χ0v) is 12.2. The minimum atomic E-state index is -3.13. The van der Waals surface area contributed by atoms with Crippen molar-refractivity contribution in [1.82, 2.24) is 4.98 Å². The summed E-state index contributed by atoms with van der Waals surface area (Å²) < 4.78 is 24.3. The second kappa shape index (κ2) is 5.80. The van der Waals surface area contributed by atoms with Crippen molar-refractivity contribution in [1.29, 1.82) is 5.26 Å². The first-order valence-corrected chi connectivity index (χ1v) is 8.87. The van der Waals surface area contributed by atoms with Crippen LogP contribution in [0.4, 0.5) is 5.82 Å². The normalized spacial score (nSPS) is 20.0. The van der Waals surface area contributed by atoms with Crippen molar-refractivity contribution in [3.8, 4) is 6.07 Å². The molecule has 1 atom stereocenters. The van der Waals surface area contributed by atoms with E-state index in [1.165, 1.54) is 6.20 Å². The summed E-state index contributed by atoms with van der Waals surface area (Å²) in [6.45, 7) is 2.33. The number of rotatable bonds is 3. The Kier molecular flexibility index (Phi) is 4.32. The maximum absolute atomic E-state index is 12.1. The summed E-state index contributed by atoms with van der Waals surface area (Å²) in [4.78, 5) is 6.03. The summed E-state index contributed by atoms with van der Waals surface area (Å²) in [6.07, 6.45) is 1.48. The van der Waals surface area contributed by atoms with Gasteiger partial charge in [-0.05, 0) is 12.1 Å². The van der Waals surface area contributed by atoms with Crippen molar-refractivity contribution < 1.29 is 8.42 Å². The molecule has 2 rings (SSSR count). The first-order chi connectivity index (χ1) is 9.08. The lowest BCUT2D eigenvalue weighted by molar-refractivity contribution is 0.579. The molecule has 7 heteroatoms. The fraction of sp³-hybridized carbons (Fsp3) is 0.500. The molecule has 19 heavy (non-hydrogen) atoms. The molecule has 102 valence electrons. The number of thioether (sulfide) groups is 1. The fourth-order valence-corrected chi connectivity index (χ4v) is 4.93. The van der Waals surface area contributed by atoms with E-state index < -0.39 is 15.2 Å². The van der Waals surface area contributed by atoms with Crippen molar-refractivity contribution in [2.45, 2.75) is 12.3 Å². The van der Waals surface area contributed by atoms with Gasteiger partial charge < -0.3 is 4.90 Å². The Balaban J connectivity index is 2.31. The van der Waals surface area contributed by atoms with Crippen LogP contribution in [-0.4, -0.2) is 42.6 Å². The van der Waals surface area contributed by atoms with Gasteiger partial charge >= 0.3 is 0 Å². The molecule has 0 saturated carbocycles. The van der Waals surface area contributed by atoms with E-state index in [0.29, 0.717) is 23.7 Å². The van der Waals surface area contributed by atoms with E-state index in [1.807, 2.05) is 11.0 Å². The molecule has 5 nitrogen and oxygen atoms in total. The van der Waals surface area contributed by atoms with Gasteiger partial charge in [-0.3, -0.25) is 0 Å². The fourth-order valence-electron chi connectivity index (χ4n) is 1.96. The molecule has 0 N–H and O–H groups in total. The van der Waals surface area contributed by atoms with Gasteiger partial charge in [0.2, 0.25) is 0 Å².